The lowest BCUT2D eigenvalue weighted by molar-refractivity contribution is -0.118. The van der Waals surface area contributed by atoms with Gasteiger partial charge in [0.1, 0.15) is 5.92 Å². The molecule has 1 unspecified atom stereocenters. The van der Waals surface area contributed by atoms with Gasteiger partial charge in [-0.25, -0.2) is 0 Å². The van der Waals surface area contributed by atoms with Gasteiger partial charge in [-0.05, 0) is 6.92 Å². The normalized spacial score (nSPS) is 15.4. The van der Waals surface area contributed by atoms with Crippen LogP contribution in [-0.2, 0) is 4.79 Å². The third-order valence-corrected chi connectivity index (χ3v) is 1.41. The van der Waals surface area contributed by atoms with E-state index in [4.69, 9.17) is 5.73 Å². The van der Waals surface area contributed by atoms with Crippen LogP contribution in [0.15, 0.2) is 9.98 Å². The van der Waals surface area contributed by atoms with Gasteiger partial charge in [0.15, 0.2) is 0 Å². The minimum absolute atomic E-state index is 0.418. The number of hydrogen-bond donors (Lipinski definition) is 1. The van der Waals surface area contributed by atoms with Gasteiger partial charge in [0.05, 0.1) is 0 Å². The van der Waals surface area contributed by atoms with Gasteiger partial charge in [0, 0.05) is 26.0 Å². The van der Waals surface area contributed by atoms with Crippen LogP contribution in [0.25, 0.3) is 0 Å². The molecule has 1 amide bonds. The molecular weight excluding hydrogens is 142 g/mol. The van der Waals surface area contributed by atoms with Crippen LogP contribution in [0.1, 0.15) is 6.92 Å². The summed E-state index contributed by atoms with van der Waals surface area (Å²) in [5.74, 6) is -0.872. The molecule has 0 spiro atoms. The SMILES string of the molecule is CN=CC(C(N)=O)C(C)=NC. The lowest BCUT2D eigenvalue weighted by Gasteiger charge is -2.05. The van der Waals surface area contributed by atoms with Gasteiger partial charge < -0.3 is 5.73 Å². The van der Waals surface area contributed by atoms with Crippen LogP contribution >= 0.6 is 0 Å². The van der Waals surface area contributed by atoms with E-state index in [0.29, 0.717) is 5.71 Å². The van der Waals surface area contributed by atoms with Gasteiger partial charge in [-0.15, -0.1) is 0 Å². The molecule has 0 aromatic carbocycles. The first-order chi connectivity index (χ1) is 5.13. The molecule has 0 aromatic heterocycles. The van der Waals surface area contributed by atoms with Gasteiger partial charge in [-0.1, -0.05) is 0 Å². The molecule has 0 fully saturated rings. The average molecular weight is 155 g/mol. The first-order valence-corrected chi connectivity index (χ1v) is 3.28. The molecule has 0 saturated heterocycles. The number of nitrogens with zero attached hydrogens (tertiary/aromatic N) is 2. The van der Waals surface area contributed by atoms with Gasteiger partial charge in [-0.2, -0.15) is 0 Å². The number of primary amides is 1. The molecule has 0 aliphatic carbocycles. The van der Waals surface area contributed by atoms with Crippen LogP contribution < -0.4 is 5.73 Å². The highest BCUT2D eigenvalue weighted by Crippen LogP contribution is 1.95. The zero-order chi connectivity index (χ0) is 8.85. The number of carbonyl (C=O) groups is 1. The maximum atomic E-state index is 10.7. The van der Waals surface area contributed by atoms with E-state index in [0.717, 1.165) is 0 Å². The van der Waals surface area contributed by atoms with Crippen LogP contribution in [-0.4, -0.2) is 31.9 Å². The van der Waals surface area contributed by atoms with Crippen LogP contribution in [0.5, 0.6) is 0 Å². The summed E-state index contributed by atoms with van der Waals surface area (Å²) in [4.78, 5) is 18.3. The van der Waals surface area contributed by atoms with E-state index in [1.54, 1.807) is 21.0 Å². The van der Waals surface area contributed by atoms with Crippen molar-refractivity contribution in [2.24, 2.45) is 21.6 Å². The molecule has 1 atom stereocenters. The van der Waals surface area contributed by atoms with Crippen LogP contribution in [0, 0.1) is 5.92 Å². The van der Waals surface area contributed by atoms with Crippen LogP contribution in [0.3, 0.4) is 0 Å². The topological polar surface area (TPSA) is 67.8 Å². The molecule has 0 heterocycles. The summed E-state index contributed by atoms with van der Waals surface area (Å²) in [5.41, 5.74) is 5.77. The minimum Gasteiger partial charge on any atom is -0.369 e. The number of aliphatic imine (C=N–C) groups is 2. The van der Waals surface area contributed by atoms with Crippen molar-refractivity contribution in [3.8, 4) is 0 Å². The highest BCUT2D eigenvalue weighted by molar-refractivity contribution is 6.14. The smallest absolute Gasteiger partial charge is 0.231 e. The lowest BCUT2D eigenvalue weighted by Crippen LogP contribution is -2.30. The van der Waals surface area contributed by atoms with Crippen molar-refractivity contribution in [2.45, 2.75) is 6.92 Å². The molecule has 0 aliphatic heterocycles. The molecule has 0 saturated carbocycles. The predicted octanol–water partition coefficient (Wildman–Crippen LogP) is -0.121. The summed E-state index contributed by atoms with van der Waals surface area (Å²) in [6.07, 6.45) is 1.49. The van der Waals surface area contributed by atoms with E-state index < -0.39 is 11.8 Å². The van der Waals surface area contributed by atoms with Crippen molar-refractivity contribution in [3.05, 3.63) is 0 Å². The Morgan fingerprint density at radius 1 is 1.55 bits per heavy atom. The first kappa shape index (κ1) is 9.81. The Bertz CT molecular complexity index is 196. The van der Waals surface area contributed by atoms with Crippen molar-refractivity contribution >= 4 is 17.8 Å². The summed E-state index contributed by atoms with van der Waals surface area (Å²) in [7, 11) is 3.22. The Morgan fingerprint density at radius 3 is 2.36 bits per heavy atom. The quantitative estimate of drug-likeness (QED) is 0.567. The standard InChI is InChI=1S/C7H13N3O/c1-5(10-3)6(4-9-2)7(8)11/h4,6H,1-3H3,(H2,8,11). The van der Waals surface area contributed by atoms with Crippen molar-refractivity contribution in [1.29, 1.82) is 0 Å². The summed E-state index contributed by atoms with van der Waals surface area (Å²) in [6.45, 7) is 1.75. The Hall–Kier alpha value is -1.19. The monoisotopic (exact) mass is 155 g/mol. The molecule has 2 N–H and O–H groups in total. The van der Waals surface area contributed by atoms with E-state index in [2.05, 4.69) is 9.98 Å². The number of amides is 1. The summed E-state index contributed by atoms with van der Waals surface area (Å²) < 4.78 is 0. The second-order valence-corrected chi connectivity index (χ2v) is 2.15. The fraction of sp³-hybridized carbons (Fsp3) is 0.571. The van der Waals surface area contributed by atoms with Crippen molar-refractivity contribution < 1.29 is 4.79 Å². The van der Waals surface area contributed by atoms with Gasteiger partial charge in [0.25, 0.3) is 0 Å². The zero-order valence-electron chi connectivity index (χ0n) is 7.03. The highest BCUT2D eigenvalue weighted by atomic mass is 16.1. The van der Waals surface area contributed by atoms with E-state index in [1.165, 1.54) is 6.21 Å². The minimum atomic E-state index is -0.454. The second-order valence-electron chi connectivity index (χ2n) is 2.15. The molecule has 62 valence electrons. The van der Waals surface area contributed by atoms with Gasteiger partial charge in [0.2, 0.25) is 5.91 Å². The molecular formula is C7H13N3O. The molecule has 4 nitrogen and oxygen atoms in total. The summed E-state index contributed by atoms with van der Waals surface area (Å²) in [6, 6.07) is 0. The zero-order valence-corrected chi connectivity index (χ0v) is 7.03. The van der Waals surface area contributed by atoms with Crippen LogP contribution in [0.4, 0.5) is 0 Å². The third-order valence-electron chi connectivity index (χ3n) is 1.41. The molecule has 0 bridgehead atoms. The van der Waals surface area contributed by atoms with E-state index in [-0.39, 0.29) is 0 Å². The molecule has 4 heteroatoms. The predicted molar refractivity (Wildman–Crippen MR) is 46.1 cm³/mol. The fourth-order valence-corrected chi connectivity index (χ4v) is 0.675. The number of carbonyl (C=O) groups excluding carboxylic acids is 1. The molecule has 0 aliphatic rings. The molecule has 0 aromatic rings. The fourth-order valence-electron chi connectivity index (χ4n) is 0.675. The summed E-state index contributed by atoms with van der Waals surface area (Å²) in [5, 5.41) is 0. The first-order valence-electron chi connectivity index (χ1n) is 3.28. The molecule has 0 radical (unpaired) electrons. The van der Waals surface area contributed by atoms with Gasteiger partial charge >= 0.3 is 0 Å². The highest BCUT2D eigenvalue weighted by Gasteiger charge is 2.14. The summed E-state index contributed by atoms with van der Waals surface area (Å²) >= 11 is 0. The Morgan fingerprint density at radius 2 is 2.09 bits per heavy atom. The number of rotatable bonds is 3. The second kappa shape index (κ2) is 4.60. The largest absolute Gasteiger partial charge is 0.369 e. The third kappa shape index (κ3) is 2.93. The number of nitrogens with two attached hydrogens (primary N) is 1. The lowest BCUT2D eigenvalue weighted by atomic mass is 10.1. The van der Waals surface area contributed by atoms with Crippen molar-refractivity contribution in [3.63, 3.8) is 0 Å². The van der Waals surface area contributed by atoms with E-state index in [9.17, 15) is 4.79 Å². The average Bonchev–Trinajstić information content (AvgIpc) is 1.98. The number of hydrogen-bond acceptors (Lipinski definition) is 3. The van der Waals surface area contributed by atoms with Crippen molar-refractivity contribution in [1.82, 2.24) is 0 Å². The maximum Gasteiger partial charge on any atom is 0.231 e. The van der Waals surface area contributed by atoms with Crippen LogP contribution in [0.2, 0.25) is 0 Å². The maximum absolute atomic E-state index is 10.7. The Balaban J connectivity index is 4.47. The Labute approximate surface area is 66.2 Å². The van der Waals surface area contributed by atoms with E-state index in [1.807, 2.05) is 0 Å². The van der Waals surface area contributed by atoms with Crippen molar-refractivity contribution in [2.75, 3.05) is 14.1 Å². The molecule has 0 rings (SSSR count). The molecule has 11 heavy (non-hydrogen) atoms. The van der Waals surface area contributed by atoms with E-state index >= 15 is 0 Å². The Kier molecular flexibility index (Phi) is 4.10. The van der Waals surface area contributed by atoms with Gasteiger partial charge in [-0.3, -0.25) is 14.8 Å².